The number of fused-ring (bicyclic) bond motifs is 1. The molecule has 0 aliphatic carbocycles. The number of rotatable bonds is 4. The van der Waals surface area contributed by atoms with E-state index in [9.17, 15) is 9.59 Å². The molecule has 1 amide bonds. The number of carbonyl (C=O) groups excluding carboxylic acids is 2. The van der Waals surface area contributed by atoms with Gasteiger partial charge in [-0.2, -0.15) is 0 Å². The lowest BCUT2D eigenvalue weighted by molar-refractivity contribution is -0.142. The molecule has 1 aromatic heterocycles. The van der Waals surface area contributed by atoms with Crippen LogP contribution >= 0.6 is 0 Å². The molecule has 0 spiro atoms. The van der Waals surface area contributed by atoms with E-state index in [2.05, 4.69) is 4.98 Å². The van der Waals surface area contributed by atoms with Crippen LogP contribution in [-0.4, -0.2) is 34.8 Å². The van der Waals surface area contributed by atoms with Gasteiger partial charge in [-0.15, -0.1) is 0 Å². The molecular formula is C22H22N2O3. The number of esters is 1. The van der Waals surface area contributed by atoms with Gasteiger partial charge in [-0.1, -0.05) is 48.5 Å². The van der Waals surface area contributed by atoms with Crippen molar-refractivity contribution in [3.8, 4) is 0 Å². The van der Waals surface area contributed by atoms with Crippen LogP contribution in [-0.2, 0) is 9.53 Å². The monoisotopic (exact) mass is 362 g/mol. The number of H-pyrrole nitrogens is 1. The molecule has 4 rings (SSSR count). The van der Waals surface area contributed by atoms with Gasteiger partial charge in [0.2, 0.25) is 6.10 Å². The Bertz CT molecular complexity index is 942. The lowest BCUT2D eigenvalue weighted by atomic mass is 10.1. The number of aromatic nitrogens is 1. The molecular weight excluding hydrogens is 340 g/mol. The molecule has 3 aromatic rings. The predicted molar refractivity (Wildman–Crippen MR) is 103 cm³/mol. The fourth-order valence-electron chi connectivity index (χ4n) is 3.58. The normalized spacial score (nSPS) is 15.5. The highest BCUT2D eigenvalue weighted by atomic mass is 16.5. The Morgan fingerprint density at radius 3 is 2.41 bits per heavy atom. The first-order chi connectivity index (χ1) is 13.2. The Balaban J connectivity index is 1.62. The van der Waals surface area contributed by atoms with Gasteiger partial charge in [0.15, 0.2) is 0 Å². The van der Waals surface area contributed by atoms with Gasteiger partial charge in [0.05, 0.1) is 5.56 Å². The second-order valence-electron chi connectivity index (χ2n) is 6.83. The van der Waals surface area contributed by atoms with Gasteiger partial charge in [0.25, 0.3) is 5.91 Å². The predicted octanol–water partition coefficient (Wildman–Crippen LogP) is 4.08. The molecule has 1 aliphatic heterocycles. The number of nitrogens with zero attached hydrogens (tertiary/aromatic N) is 1. The van der Waals surface area contributed by atoms with Gasteiger partial charge in [0.1, 0.15) is 0 Å². The third kappa shape index (κ3) is 3.58. The minimum absolute atomic E-state index is 0.144. The first-order valence-electron chi connectivity index (χ1n) is 9.35. The Morgan fingerprint density at radius 1 is 0.926 bits per heavy atom. The maximum absolute atomic E-state index is 13.1. The van der Waals surface area contributed by atoms with E-state index in [0.717, 1.165) is 30.2 Å². The van der Waals surface area contributed by atoms with Crippen LogP contribution in [0.25, 0.3) is 10.9 Å². The summed E-state index contributed by atoms with van der Waals surface area (Å²) in [4.78, 5) is 30.9. The fraction of sp³-hybridized carbons (Fsp3) is 0.273. The Hall–Kier alpha value is -3.08. The number of amides is 1. The van der Waals surface area contributed by atoms with E-state index in [1.54, 1.807) is 6.20 Å². The largest absolute Gasteiger partial charge is 0.444 e. The molecule has 5 nitrogen and oxygen atoms in total. The number of piperidine rings is 1. The average molecular weight is 362 g/mol. The van der Waals surface area contributed by atoms with E-state index >= 15 is 0 Å². The van der Waals surface area contributed by atoms with Gasteiger partial charge in [-0.05, 0) is 25.3 Å². The van der Waals surface area contributed by atoms with Crippen molar-refractivity contribution in [3.05, 3.63) is 71.9 Å². The topological polar surface area (TPSA) is 62.4 Å². The summed E-state index contributed by atoms with van der Waals surface area (Å²) in [7, 11) is 0. The van der Waals surface area contributed by atoms with Crippen LogP contribution in [0.3, 0.4) is 0 Å². The van der Waals surface area contributed by atoms with E-state index < -0.39 is 12.1 Å². The Labute approximate surface area is 157 Å². The van der Waals surface area contributed by atoms with Gasteiger partial charge in [-0.3, -0.25) is 4.79 Å². The van der Waals surface area contributed by atoms with Crippen molar-refractivity contribution in [2.45, 2.75) is 25.4 Å². The molecule has 2 heterocycles. The quantitative estimate of drug-likeness (QED) is 0.712. The number of ether oxygens (including phenoxy) is 1. The zero-order chi connectivity index (χ0) is 18.6. The lowest BCUT2D eigenvalue weighted by Crippen LogP contribution is -2.40. The number of hydrogen-bond acceptors (Lipinski definition) is 3. The van der Waals surface area contributed by atoms with E-state index in [1.807, 2.05) is 59.5 Å². The maximum atomic E-state index is 13.1. The summed E-state index contributed by atoms with van der Waals surface area (Å²) >= 11 is 0. The van der Waals surface area contributed by atoms with E-state index in [1.165, 1.54) is 0 Å². The molecule has 27 heavy (non-hydrogen) atoms. The molecule has 0 saturated carbocycles. The highest BCUT2D eigenvalue weighted by molar-refractivity contribution is 6.04. The summed E-state index contributed by atoms with van der Waals surface area (Å²) in [5.41, 5.74) is 2.00. The number of nitrogens with one attached hydrogen (secondary N) is 1. The summed E-state index contributed by atoms with van der Waals surface area (Å²) < 4.78 is 5.75. The average Bonchev–Trinajstić information content (AvgIpc) is 3.17. The zero-order valence-electron chi connectivity index (χ0n) is 15.1. The zero-order valence-corrected chi connectivity index (χ0v) is 15.1. The van der Waals surface area contributed by atoms with Gasteiger partial charge in [0, 0.05) is 35.8 Å². The van der Waals surface area contributed by atoms with Crippen molar-refractivity contribution < 1.29 is 14.3 Å². The van der Waals surface area contributed by atoms with Crippen molar-refractivity contribution >= 4 is 22.8 Å². The number of carbonyl (C=O) groups is 2. The van der Waals surface area contributed by atoms with Crippen molar-refractivity contribution in [3.63, 3.8) is 0 Å². The molecule has 1 saturated heterocycles. The molecule has 1 atom stereocenters. The first-order valence-corrected chi connectivity index (χ1v) is 9.35. The molecule has 5 heteroatoms. The van der Waals surface area contributed by atoms with Gasteiger partial charge < -0.3 is 14.6 Å². The number of para-hydroxylation sites is 1. The van der Waals surface area contributed by atoms with Crippen molar-refractivity contribution in [1.29, 1.82) is 0 Å². The minimum atomic E-state index is -0.925. The summed E-state index contributed by atoms with van der Waals surface area (Å²) in [6.45, 7) is 1.43. The SMILES string of the molecule is O=C(O[C@H](C(=O)N1CCCCC1)c1ccccc1)c1c[nH]c2ccccc12. The molecule has 0 bridgehead atoms. The van der Waals surface area contributed by atoms with Crippen LogP contribution in [0.1, 0.15) is 41.3 Å². The third-order valence-corrected chi connectivity index (χ3v) is 5.03. The van der Waals surface area contributed by atoms with Crippen LogP contribution in [0.2, 0.25) is 0 Å². The highest BCUT2D eigenvalue weighted by Gasteiger charge is 2.31. The minimum Gasteiger partial charge on any atom is -0.444 e. The van der Waals surface area contributed by atoms with Gasteiger partial charge >= 0.3 is 5.97 Å². The van der Waals surface area contributed by atoms with Crippen LogP contribution in [0, 0.1) is 0 Å². The van der Waals surface area contributed by atoms with Crippen molar-refractivity contribution in [2.24, 2.45) is 0 Å². The van der Waals surface area contributed by atoms with Crippen LogP contribution < -0.4 is 0 Å². The van der Waals surface area contributed by atoms with Crippen LogP contribution in [0.5, 0.6) is 0 Å². The second-order valence-corrected chi connectivity index (χ2v) is 6.83. The molecule has 138 valence electrons. The lowest BCUT2D eigenvalue weighted by Gasteiger charge is -2.30. The highest BCUT2D eigenvalue weighted by Crippen LogP contribution is 2.26. The van der Waals surface area contributed by atoms with Crippen LogP contribution in [0.4, 0.5) is 0 Å². The molecule has 2 aromatic carbocycles. The summed E-state index contributed by atoms with van der Waals surface area (Å²) in [6.07, 6.45) is 3.83. The molecule has 0 radical (unpaired) electrons. The first kappa shape index (κ1) is 17.3. The van der Waals surface area contributed by atoms with Crippen molar-refractivity contribution in [1.82, 2.24) is 9.88 Å². The molecule has 1 aliphatic rings. The Kier molecular flexibility index (Phi) is 4.92. The molecule has 0 unspecified atom stereocenters. The van der Waals surface area contributed by atoms with E-state index in [0.29, 0.717) is 24.2 Å². The maximum Gasteiger partial charge on any atom is 0.341 e. The van der Waals surface area contributed by atoms with E-state index in [4.69, 9.17) is 4.74 Å². The standard InChI is InChI=1S/C22H22N2O3/c25-21(24-13-7-2-8-14-24)20(16-9-3-1-4-10-16)27-22(26)18-15-23-19-12-6-5-11-17(18)19/h1,3-6,9-12,15,20,23H,2,7-8,13-14H2/t20-/m0/s1. The van der Waals surface area contributed by atoms with E-state index in [-0.39, 0.29) is 5.91 Å². The number of benzene rings is 2. The molecule has 1 fully saturated rings. The van der Waals surface area contributed by atoms with Crippen molar-refractivity contribution in [2.75, 3.05) is 13.1 Å². The van der Waals surface area contributed by atoms with Crippen LogP contribution in [0.15, 0.2) is 60.8 Å². The smallest absolute Gasteiger partial charge is 0.341 e. The second kappa shape index (κ2) is 7.66. The fourth-order valence-corrected chi connectivity index (χ4v) is 3.58. The summed E-state index contributed by atoms with van der Waals surface area (Å²) in [5, 5.41) is 0.791. The summed E-state index contributed by atoms with van der Waals surface area (Å²) in [6, 6.07) is 16.8. The Morgan fingerprint density at radius 2 is 1.63 bits per heavy atom. The number of hydrogen-bond donors (Lipinski definition) is 1. The third-order valence-electron chi connectivity index (χ3n) is 5.03. The molecule has 1 N–H and O–H groups in total. The summed E-state index contributed by atoms with van der Waals surface area (Å²) in [5.74, 6) is -0.638. The van der Waals surface area contributed by atoms with Gasteiger partial charge in [-0.25, -0.2) is 4.79 Å². The number of likely N-dealkylation sites (tertiary alicyclic amines) is 1. The number of aromatic amines is 1.